The topological polar surface area (TPSA) is 59.1 Å². The molecule has 0 saturated carbocycles. The fourth-order valence-electron chi connectivity index (χ4n) is 1.50. The van der Waals surface area contributed by atoms with Crippen LogP contribution in [0.3, 0.4) is 0 Å². The molecule has 1 heterocycles. The third-order valence-electron chi connectivity index (χ3n) is 2.44. The van der Waals surface area contributed by atoms with E-state index in [1.165, 1.54) is 12.3 Å². The molecular weight excluding hydrogens is 310 g/mol. The van der Waals surface area contributed by atoms with Crippen LogP contribution in [0.25, 0.3) is 0 Å². The zero-order chi connectivity index (χ0) is 14.8. The van der Waals surface area contributed by atoms with E-state index < -0.39 is 26.6 Å². The summed E-state index contributed by atoms with van der Waals surface area (Å²) in [5.41, 5.74) is 0.509. The van der Waals surface area contributed by atoms with Gasteiger partial charge in [0.1, 0.15) is 16.8 Å². The Kier molecular flexibility index (Phi) is 4.32. The van der Waals surface area contributed by atoms with Crippen molar-refractivity contribution in [3.63, 3.8) is 0 Å². The lowest BCUT2D eigenvalue weighted by molar-refractivity contribution is 0.514. The standard InChI is InChI=1S/C12H9ClF2N2O2S/c13-11-5-4-8(6-16-11)7-17-20(18,19)12-9(14)2-1-3-10(12)15/h1-6,17H,7H2. The number of nitrogens with one attached hydrogen (secondary N) is 1. The first-order valence-electron chi connectivity index (χ1n) is 5.44. The SMILES string of the molecule is O=S(=O)(NCc1ccc(Cl)nc1)c1c(F)cccc1F. The largest absolute Gasteiger partial charge is 0.246 e. The van der Waals surface area contributed by atoms with Crippen molar-refractivity contribution in [2.45, 2.75) is 11.4 Å². The van der Waals surface area contributed by atoms with Crippen LogP contribution >= 0.6 is 11.6 Å². The molecule has 0 aliphatic rings. The van der Waals surface area contributed by atoms with Crippen molar-refractivity contribution in [1.82, 2.24) is 9.71 Å². The van der Waals surface area contributed by atoms with Gasteiger partial charge in [0.2, 0.25) is 10.0 Å². The predicted octanol–water partition coefficient (Wildman–Crippen LogP) is 2.49. The summed E-state index contributed by atoms with van der Waals surface area (Å²) in [5.74, 6) is -2.29. The summed E-state index contributed by atoms with van der Waals surface area (Å²) in [6.45, 7) is -0.153. The first-order chi connectivity index (χ1) is 9.40. The Morgan fingerprint density at radius 2 is 1.80 bits per heavy atom. The van der Waals surface area contributed by atoms with Crippen LogP contribution in [-0.4, -0.2) is 13.4 Å². The van der Waals surface area contributed by atoms with Crippen molar-refractivity contribution in [2.24, 2.45) is 0 Å². The molecule has 2 rings (SSSR count). The van der Waals surface area contributed by atoms with E-state index in [0.717, 1.165) is 18.2 Å². The highest BCUT2D eigenvalue weighted by Gasteiger charge is 2.23. The maximum atomic E-state index is 13.4. The van der Waals surface area contributed by atoms with Crippen LogP contribution in [0, 0.1) is 11.6 Å². The minimum absolute atomic E-state index is 0.153. The van der Waals surface area contributed by atoms with Crippen LogP contribution in [0.2, 0.25) is 5.15 Å². The summed E-state index contributed by atoms with van der Waals surface area (Å²) in [6, 6.07) is 5.88. The summed E-state index contributed by atoms with van der Waals surface area (Å²) in [4.78, 5) is 2.77. The monoisotopic (exact) mass is 318 g/mol. The number of benzene rings is 1. The van der Waals surface area contributed by atoms with Crippen LogP contribution in [0.15, 0.2) is 41.4 Å². The number of rotatable bonds is 4. The molecule has 8 heteroatoms. The van der Waals surface area contributed by atoms with Crippen LogP contribution in [0.1, 0.15) is 5.56 Å². The summed E-state index contributed by atoms with van der Waals surface area (Å²) >= 11 is 5.59. The molecule has 0 spiro atoms. The van der Waals surface area contributed by atoms with Crippen molar-refractivity contribution in [3.05, 3.63) is 58.9 Å². The third-order valence-corrected chi connectivity index (χ3v) is 4.12. The lowest BCUT2D eigenvalue weighted by atomic mass is 10.3. The number of hydrogen-bond donors (Lipinski definition) is 1. The van der Waals surface area contributed by atoms with E-state index in [-0.39, 0.29) is 11.7 Å². The molecule has 1 aromatic carbocycles. The van der Waals surface area contributed by atoms with E-state index in [2.05, 4.69) is 9.71 Å². The average molecular weight is 319 g/mol. The lowest BCUT2D eigenvalue weighted by Crippen LogP contribution is -2.25. The molecule has 0 radical (unpaired) electrons. The van der Waals surface area contributed by atoms with E-state index in [1.807, 2.05) is 0 Å². The maximum Gasteiger partial charge on any atom is 0.246 e. The van der Waals surface area contributed by atoms with Gasteiger partial charge in [-0.3, -0.25) is 0 Å². The second kappa shape index (κ2) is 5.82. The van der Waals surface area contributed by atoms with Gasteiger partial charge >= 0.3 is 0 Å². The molecule has 0 atom stereocenters. The van der Waals surface area contributed by atoms with E-state index in [9.17, 15) is 17.2 Å². The first kappa shape index (κ1) is 14.8. The molecule has 4 nitrogen and oxygen atoms in total. The van der Waals surface area contributed by atoms with Crippen LogP contribution in [0.4, 0.5) is 8.78 Å². The zero-order valence-electron chi connectivity index (χ0n) is 9.98. The Morgan fingerprint density at radius 1 is 1.15 bits per heavy atom. The number of pyridine rings is 1. The van der Waals surface area contributed by atoms with Crippen LogP contribution in [-0.2, 0) is 16.6 Å². The Labute approximate surface area is 119 Å². The van der Waals surface area contributed by atoms with E-state index in [0.29, 0.717) is 5.56 Å². The predicted molar refractivity (Wildman–Crippen MR) is 69.6 cm³/mol. The number of hydrogen-bond acceptors (Lipinski definition) is 3. The van der Waals surface area contributed by atoms with E-state index >= 15 is 0 Å². The van der Waals surface area contributed by atoms with Crippen molar-refractivity contribution in [2.75, 3.05) is 0 Å². The van der Waals surface area contributed by atoms with Crippen molar-refractivity contribution in [3.8, 4) is 0 Å². The summed E-state index contributed by atoms with van der Waals surface area (Å²) < 4.78 is 52.7. The van der Waals surface area contributed by atoms with Gasteiger partial charge in [0.15, 0.2) is 4.90 Å². The second-order valence-electron chi connectivity index (χ2n) is 3.86. The molecule has 0 saturated heterocycles. The molecule has 106 valence electrons. The number of nitrogens with zero attached hydrogens (tertiary/aromatic N) is 1. The number of aromatic nitrogens is 1. The average Bonchev–Trinajstić information content (AvgIpc) is 2.37. The highest BCUT2D eigenvalue weighted by atomic mass is 35.5. The highest BCUT2D eigenvalue weighted by Crippen LogP contribution is 2.18. The minimum atomic E-state index is -4.29. The third kappa shape index (κ3) is 3.30. The fourth-order valence-corrected chi connectivity index (χ4v) is 2.76. The van der Waals surface area contributed by atoms with Gasteiger partial charge in [-0.05, 0) is 23.8 Å². The second-order valence-corrected chi connectivity index (χ2v) is 5.96. The molecule has 0 bridgehead atoms. The minimum Gasteiger partial charge on any atom is -0.244 e. The van der Waals surface area contributed by atoms with Crippen LogP contribution in [0.5, 0.6) is 0 Å². The van der Waals surface area contributed by atoms with Crippen molar-refractivity contribution >= 4 is 21.6 Å². The number of halogens is 3. The van der Waals surface area contributed by atoms with Crippen molar-refractivity contribution < 1.29 is 17.2 Å². The molecule has 2 aromatic rings. The van der Waals surface area contributed by atoms with Gasteiger partial charge in [0, 0.05) is 12.7 Å². The molecule has 20 heavy (non-hydrogen) atoms. The Balaban J connectivity index is 2.22. The Bertz CT molecular complexity index is 700. The molecule has 1 aromatic heterocycles. The Morgan fingerprint density at radius 3 is 2.35 bits per heavy atom. The van der Waals surface area contributed by atoms with Crippen LogP contribution < -0.4 is 4.72 Å². The lowest BCUT2D eigenvalue weighted by Gasteiger charge is -2.08. The van der Waals surface area contributed by atoms with E-state index in [1.54, 1.807) is 6.07 Å². The smallest absolute Gasteiger partial charge is 0.244 e. The van der Waals surface area contributed by atoms with E-state index in [4.69, 9.17) is 11.6 Å². The van der Waals surface area contributed by atoms with Gasteiger partial charge in [-0.15, -0.1) is 0 Å². The summed E-state index contributed by atoms with van der Waals surface area (Å²) in [7, 11) is -4.29. The molecular formula is C12H9ClF2N2O2S. The Hall–Kier alpha value is -1.57. The summed E-state index contributed by atoms with van der Waals surface area (Å²) in [6.07, 6.45) is 1.36. The normalized spacial score (nSPS) is 11.6. The molecule has 0 amide bonds. The summed E-state index contributed by atoms with van der Waals surface area (Å²) in [5, 5.41) is 0.261. The van der Waals surface area contributed by atoms with Gasteiger partial charge in [-0.25, -0.2) is 26.9 Å². The van der Waals surface area contributed by atoms with Crippen molar-refractivity contribution in [1.29, 1.82) is 0 Å². The van der Waals surface area contributed by atoms with Gasteiger partial charge in [0.25, 0.3) is 0 Å². The molecule has 0 aliphatic heterocycles. The van der Waals surface area contributed by atoms with Gasteiger partial charge in [-0.2, -0.15) is 0 Å². The molecule has 0 fully saturated rings. The van der Waals surface area contributed by atoms with Gasteiger partial charge in [-0.1, -0.05) is 23.7 Å². The molecule has 0 unspecified atom stereocenters. The van der Waals surface area contributed by atoms with Gasteiger partial charge in [0.05, 0.1) is 0 Å². The molecule has 0 aliphatic carbocycles. The van der Waals surface area contributed by atoms with Gasteiger partial charge < -0.3 is 0 Å². The zero-order valence-corrected chi connectivity index (χ0v) is 11.5. The maximum absolute atomic E-state index is 13.4. The fraction of sp³-hybridized carbons (Fsp3) is 0.0833. The number of sulfonamides is 1. The highest BCUT2D eigenvalue weighted by molar-refractivity contribution is 7.89. The first-order valence-corrected chi connectivity index (χ1v) is 7.30. The molecule has 1 N–H and O–H groups in total. The quantitative estimate of drug-likeness (QED) is 0.881.